The van der Waals surface area contributed by atoms with Gasteiger partial charge in [0.15, 0.2) is 29.8 Å². The van der Waals surface area contributed by atoms with Gasteiger partial charge < -0.3 is 18.9 Å². The molecule has 1 saturated heterocycles. The van der Waals surface area contributed by atoms with Crippen molar-refractivity contribution in [2.45, 2.75) is 32.0 Å². The molecule has 2 aliphatic carbocycles. The van der Waals surface area contributed by atoms with Crippen LogP contribution in [0.1, 0.15) is 31.7 Å². The first-order valence-corrected chi connectivity index (χ1v) is 9.24. The molecule has 6 rings (SSSR count). The van der Waals surface area contributed by atoms with E-state index in [4.69, 9.17) is 23.7 Å². The zero-order valence-electron chi connectivity index (χ0n) is 14.7. The normalized spacial score (nSPS) is 41.4. The Balaban J connectivity index is 1.61. The Labute approximate surface area is 151 Å². The first-order chi connectivity index (χ1) is 12.6. The van der Waals surface area contributed by atoms with Crippen molar-refractivity contribution in [2.75, 3.05) is 13.6 Å². The second-order valence-electron chi connectivity index (χ2n) is 8.06. The fourth-order valence-electron chi connectivity index (χ4n) is 5.55. The van der Waals surface area contributed by atoms with E-state index in [1.54, 1.807) is 6.08 Å². The Bertz CT molecular complexity index is 860. The molecule has 1 aromatic rings. The van der Waals surface area contributed by atoms with Gasteiger partial charge in [-0.2, -0.15) is 0 Å². The Kier molecular flexibility index (Phi) is 2.72. The number of fused-ring (bicyclic) bond motifs is 3. The third kappa shape index (κ3) is 1.64. The fourth-order valence-corrected chi connectivity index (χ4v) is 5.55. The number of carbonyl (C=O) groups excluding carboxylic acids is 1. The third-order valence-electron chi connectivity index (χ3n) is 6.94. The minimum atomic E-state index is -1.00. The molecule has 0 N–H and O–H groups in total. The van der Waals surface area contributed by atoms with Gasteiger partial charge in [-0.15, -0.1) is 0 Å². The van der Waals surface area contributed by atoms with Crippen LogP contribution in [0, 0.1) is 23.7 Å². The molecule has 3 aliphatic heterocycles. The van der Waals surface area contributed by atoms with E-state index in [-0.39, 0.29) is 37.1 Å². The van der Waals surface area contributed by atoms with Gasteiger partial charge in [0, 0.05) is 35.5 Å². The molecular formula is C20H20O6. The highest BCUT2D eigenvalue weighted by molar-refractivity contribution is 5.94. The Morgan fingerprint density at radius 1 is 1.04 bits per heavy atom. The van der Waals surface area contributed by atoms with Gasteiger partial charge in [0.1, 0.15) is 5.75 Å². The Hall–Kier alpha value is -2.21. The Morgan fingerprint density at radius 2 is 1.85 bits per heavy atom. The summed E-state index contributed by atoms with van der Waals surface area (Å²) in [4.78, 5) is 12.8. The number of hydrogen-bond acceptors (Lipinski definition) is 6. The summed E-state index contributed by atoms with van der Waals surface area (Å²) in [6, 6.07) is 3.92. The highest BCUT2D eigenvalue weighted by atomic mass is 16.8. The van der Waals surface area contributed by atoms with E-state index in [2.05, 4.69) is 13.8 Å². The van der Waals surface area contributed by atoms with Crippen LogP contribution in [0.2, 0.25) is 0 Å². The highest BCUT2D eigenvalue weighted by Crippen LogP contribution is 2.63. The zero-order chi connectivity index (χ0) is 17.6. The first-order valence-electron chi connectivity index (χ1n) is 9.24. The smallest absolute Gasteiger partial charge is 0.276 e. The van der Waals surface area contributed by atoms with Crippen molar-refractivity contribution in [1.29, 1.82) is 0 Å². The molecule has 1 aromatic carbocycles. The SMILES string of the molecule is C[C@H]1[C@@H]2c3cc4c(cc3O[C@]35OCOC3=CC(=O)[C@H](C[C@@H]1C)[C@H]25)OCO4. The van der Waals surface area contributed by atoms with E-state index >= 15 is 0 Å². The lowest BCUT2D eigenvalue weighted by Gasteiger charge is -2.54. The molecule has 6 nitrogen and oxygen atoms in total. The summed E-state index contributed by atoms with van der Waals surface area (Å²) in [6.45, 7) is 4.82. The van der Waals surface area contributed by atoms with Crippen LogP contribution in [0.25, 0.3) is 0 Å². The topological polar surface area (TPSA) is 63.2 Å². The average molecular weight is 356 g/mol. The fraction of sp³-hybridized carbons (Fsp3) is 0.550. The number of carbonyl (C=O) groups is 1. The molecule has 3 heterocycles. The maximum atomic E-state index is 12.8. The molecule has 1 saturated carbocycles. The molecule has 0 unspecified atom stereocenters. The van der Waals surface area contributed by atoms with Crippen molar-refractivity contribution in [2.24, 2.45) is 23.7 Å². The highest BCUT2D eigenvalue weighted by Gasteiger charge is 2.66. The summed E-state index contributed by atoms with van der Waals surface area (Å²) in [6.07, 6.45) is 2.44. The number of benzene rings is 1. The van der Waals surface area contributed by atoms with E-state index in [0.717, 1.165) is 23.5 Å². The third-order valence-corrected chi connectivity index (χ3v) is 6.94. The maximum Gasteiger partial charge on any atom is 0.276 e. The largest absolute Gasteiger partial charge is 0.465 e. The summed E-state index contributed by atoms with van der Waals surface area (Å²) < 4.78 is 29.3. The minimum absolute atomic E-state index is 0.0865. The van der Waals surface area contributed by atoms with Crippen molar-refractivity contribution in [3.05, 3.63) is 29.5 Å². The van der Waals surface area contributed by atoms with Crippen LogP contribution in [0.3, 0.4) is 0 Å². The molecule has 2 fully saturated rings. The summed E-state index contributed by atoms with van der Waals surface area (Å²) in [5, 5.41) is 0. The van der Waals surface area contributed by atoms with Crippen molar-refractivity contribution < 1.29 is 28.5 Å². The predicted octanol–water partition coefficient (Wildman–Crippen LogP) is 2.97. The number of rotatable bonds is 0. The minimum Gasteiger partial charge on any atom is -0.465 e. The van der Waals surface area contributed by atoms with Crippen LogP contribution >= 0.6 is 0 Å². The van der Waals surface area contributed by atoms with Gasteiger partial charge in [0.05, 0.1) is 0 Å². The average Bonchev–Trinajstić information content (AvgIpc) is 3.23. The first kappa shape index (κ1) is 14.9. The summed E-state index contributed by atoms with van der Waals surface area (Å²) in [5.74, 6) is 2.54. The van der Waals surface area contributed by atoms with Crippen molar-refractivity contribution in [1.82, 2.24) is 0 Å². The predicted molar refractivity (Wildman–Crippen MR) is 88.7 cm³/mol. The van der Waals surface area contributed by atoms with Crippen molar-refractivity contribution in [3.8, 4) is 17.2 Å². The molecule has 5 aliphatic rings. The molecule has 0 amide bonds. The lowest BCUT2D eigenvalue weighted by atomic mass is 9.55. The number of ketones is 1. The van der Waals surface area contributed by atoms with E-state index in [0.29, 0.717) is 23.3 Å². The van der Waals surface area contributed by atoms with Gasteiger partial charge in [-0.25, -0.2) is 0 Å². The Morgan fingerprint density at radius 3 is 2.69 bits per heavy atom. The van der Waals surface area contributed by atoms with Gasteiger partial charge in [-0.05, 0) is 24.3 Å². The molecule has 6 atom stereocenters. The summed E-state index contributed by atoms with van der Waals surface area (Å²) in [7, 11) is 0. The number of allylic oxidation sites excluding steroid dienone is 1. The van der Waals surface area contributed by atoms with Gasteiger partial charge in [0.2, 0.25) is 6.79 Å². The molecule has 0 bridgehead atoms. The van der Waals surface area contributed by atoms with Gasteiger partial charge in [-0.3, -0.25) is 9.53 Å². The molecule has 26 heavy (non-hydrogen) atoms. The molecule has 1 spiro atoms. The van der Waals surface area contributed by atoms with Crippen LogP contribution in [0.15, 0.2) is 24.0 Å². The summed E-state index contributed by atoms with van der Waals surface area (Å²) >= 11 is 0. The van der Waals surface area contributed by atoms with Gasteiger partial charge in [0.25, 0.3) is 5.79 Å². The van der Waals surface area contributed by atoms with E-state index in [9.17, 15) is 4.79 Å². The standard InChI is InChI=1S/C20H20O6/c1-9-3-11-13(21)5-17-20(25-8-24-17)19(11)18(10(9)2)12-4-15-16(23-7-22-15)6-14(12)26-20/h4-6,9-11,18-19H,3,7-8H2,1-2H3/t9-,10+,11-,18+,19+,20+/m0/s1. The maximum absolute atomic E-state index is 12.8. The summed E-state index contributed by atoms with van der Waals surface area (Å²) in [5.41, 5.74) is 1.08. The van der Waals surface area contributed by atoms with Crippen LogP contribution in [0.5, 0.6) is 17.2 Å². The quantitative estimate of drug-likeness (QED) is 0.712. The van der Waals surface area contributed by atoms with Crippen LogP contribution in [-0.2, 0) is 14.3 Å². The van der Waals surface area contributed by atoms with Crippen LogP contribution in [-0.4, -0.2) is 25.2 Å². The number of hydrogen-bond donors (Lipinski definition) is 0. The lowest BCUT2D eigenvalue weighted by molar-refractivity contribution is -0.212. The molecule has 6 heteroatoms. The van der Waals surface area contributed by atoms with Gasteiger partial charge >= 0.3 is 0 Å². The molecule has 0 radical (unpaired) electrons. The van der Waals surface area contributed by atoms with Crippen LogP contribution in [0.4, 0.5) is 0 Å². The lowest BCUT2D eigenvalue weighted by Crippen LogP contribution is -2.60. The number of ether oxygens (including phenoxy) is 5. The molecule has 136 valence electrons. The second-order valence-corrected chi connectivity index (χ2v) is 8.06. The molecule has 0 aromatic heterocycles. The van der Waals surface area contributed by atoms with Crippen molar-refractivity contribution in [3.63, 3.8) is 0 Å². The van der Waals surface area contributed by atoms with E-state index in [1.165, 1.54) is 0 Å². The van der Waals surface area contributed by atoms with Crippen LogP contribution < -0.4 is 14.2 Å². The van der Waals surface area contributed by atoms with Gasteiger partial charge in [-0.1, -0.05) is 13.8 Å². The second kappa shape index (κ2) is 4.74. The zero-order valence-corrected chi connectivity index (χ0v) is 14.7. The molecular weight excluding hydrogens is 336 g/mol. The van der Waals surface area contributed by atoms with Crippen molar-refractivity contribution >= 4 is 5.78 Å². The van der Waals surface area contributed by atoms with E-state index < -0.39 is 5.79 Å². The monoisotopic (exact) mass is 356 g/mol. The van der Waals surface area contributed by atoms with E-state index in [1.807, 2.05) is 12.1 Å².